The van der Waals surface area contributed by atoms with Crippen LogP contribution < -0.4 is 10.2 Å². The van der Waals surface area contributed by atoms with Crippen molar-refractivity contribution in [2.24, 2.45) is 0 Å². The molecule has 10 heteroatoms. The molecule has 0 radical (unpaired) electrons. The van der Waals surface area contributed by atoms with Crippen molar-refractivity contribution in [2.75, 3.05) is 43.1 Å². The lowest BCUT2D eigenvalue weighted by Gasteiger charge is -2.37. The first-order valence-corrected chi connectivity index (χ1v) is 12.6. The highest BCUT2D eigenvalue weighted by Gasteiger charge is 2.35. The molecule has 0 unspecified atom stereocenters. The zero-order valence-corrected chi connectivity index (χ0v) is 21.5. The van der Waals surface area contributed by atoms with E-state index >= 15 is 0 Å². The number of morpholine rings is 1. The minimum atomic E-state index is -3.15. The number of nitrogens with one attached hydrogen (secondary N) is 1. The Morgan fingerprint density at radius 3 is 2.79 bits per heavy atom. The molecule has 8 nitrogen and oxygen atoms in total. The summed E-state index contributed by atoms with van der Waals surface area (Å²) < 4.78 is 33.1. The van der Waals surface area contributed by atoms with E-state index < -0.39 is 17.5 Å². The third-order valence-corrected chi connectivity index (χ3v) is 6.99. The van der Waals surface area contributed by atoms with Gasteiger partial charge in [-0.15, -0.1) is 0 Å². The summed E-state index contributed by atoms with van der Waals surface area (Å²) in [5, 5.41) is 2.79. The molecule has 198 valence electrons. The smallest absolute Gasteiger partial charge is 0.286 e. The molecule has 5 rings (SSSR count). The molecule has 0 bridgehead atoms. The molecule has 0 spiro atoms. The first kappa shape index (κ1) is 25.7. The van der Waals surface area contributed by atoms with Gasteiger partial charge >= 0.3 is 0 Å². The molecule has 38 heavy (non-hydrogen) atoms. The monoisotopic (exact) mass is 521 g/mol. The van der Waals surface area contributed by atoms with E-state index in [1.807, 2.05) is 32.0 Å². The number of carbonyl (C=O) groups is 2. The number of benzene rings is 1. The minimum absolute atomic E-state index is 0.0402. The summed E-state index contributed by atoms with van der Waals surface area (Å²) in [4.78, 5) is 38.3. The van der Waals surface area contributed by atoms with Gasteiger partial charge in [-0.2, -0.15) is 8.78 Å². The summed E-state index contributed by atoms with van der Waals surface area (Å²) in [7, 11) is 0. The lowest BCUT2D eigenvalue weighted by atomic mass is 9.99. The third-order valence-electron chi connectivity index (χ3n) is 6.99. The van der Waals surface area contributed by atoms with Gasteiger partial charge in [0.2, 0.25) is 0 Å². The van der Waals surface area contributed by atoms with Crippen LogP contribution in [0.1, 0.15) is 46.0 Å². The van der Waals surface area contributed by atoms with Gasteiger partial charge < -0.3 is 19.9 Å². The maximum atomic E-state index is 13.7. The van der Waals surface area contributed by atoms with Gasteiger partial charge in [-0.25, -0.2) is 4.98 Å². The first-order chi connectivity index (χ1) is 18.2. The maximum Gasteiger partial charge on any atom is 0.286 e. The lowest BCUT2D eigenvalue weighted by molar-refractivity contribution is 0.0127. The Morgan fingerprint density at radius 2 is 2.03 bits per heavy atom. The molecular weight excluding hydrogens is 492 g/mol. The Balaban J connectivity index is 1.47. The Hall–Kier alpha value is -3.92. The predicted molar refractivity (Wildman–Crippen MR) is 140 cm³/mol. The Morgan fingerprint density at radius 1 is 1.21 bits per heavy atom. The van der Waals surface area contributed by atoms with Crippen molar-refractivity contribution < 1.29 is 23.1 Å². The zero-order chi connectivity index (χ0) is 27.0. The molecule has 2 aromatic heterocycles. The van der Waals surface area contributed by atoms with Crippen molar-refractivity contribution in [1.82, 2.24) is 14.9 Å². The number of pyridine rings is 2. The van der Waals surface area contributed by atoms with E-state index in [-0.39, 0.29) is 17.5 Å². The van der Waals surface area contributed by atoms with E-state index in [0.717, 1.165) is 35.4 Å². The third kappa shape index (κ3) is 4.96. The summed E-state index contributed by atoms with van der Waals surface area (Å²) in [6, 6.07) is 9.95. The van der Waals surface area contributed by atoms with Crippen molar-refractivity contribution in [1.29, 1.82) is 0 Å². The number of likely N-dealkylation sites (N-methyl/N-ethyl adjacent to an activating group) is 1. The van der Waals surface area contributed by atoms with Crippen LogP contribution in [-0.4, -0.2) is 65.6 Å². The number of amides is 2. The number of alkyl halides is 2. The van der Waals surface area contributed by atoms with Crippen LogP contribution in [0.5, 0.6) is 0 Å². The van der Waals surface area contributed by atoms with Crippen LogP contribution in [0.25, 0.3) is 11.1 Å². The maximum absolute atomic E-state index is 13.7. The molecule has 2 aliphatic heterocycles. The van der Waals surface area contributed by atoms with E-state index in [9.17, 15) is 18.4 Å². The van der Waals surface area contributed by atoms with Crippen LogP contribution in [0.15, 0.2) is 48.8 Å². The van der Waals surface area contributed by atoms with Crippen LogP contribution >= 0.6 is 0 Å². The second-order valence-corrected chi connectivity index (χ2v) is 9.66. The van der Waals surface area contributed by atoms with Crippen molar-refractivity contribution in [2.45, 2.75) is 32.7 Å². The predicted octanol–water partition coefficient (Wildman–Crippen LogP) is 4.50. The number of ether oxygens (including phenoxy) is 1. The second-order valence-electron chi connectivity index (χ2n) is 9.66. The van der Waals surface area contributed by atoms with Crippen LogP contribution in [0.2, 0.25) is 0 Å². The summed E-state index contributed by atoms with van der Waals surface area (Å²) in [6.07, 6.45) is 2.88. The molecule has 1 fully saturated rings. The number of aryl methyl sites for hydroxylation is 1. The standard InChI is InChI=1S/C28H29F2N5O3/c1-4-34-15-21-16-38-10-9-35(21)23-11-19(14-32-25(23)27(34)37)22-13-20(6-5-17(22)2)33-26(36)18-7-8-31-24(12-18)28(3,29)30/h5-8,11-14,21H,4,9-10,15-16H2,1-3H3,(H,33,36)/t21-/m0/s1. The highest BCUT2D eigenvalue weighted by atomic mass is 19.3. The molecule has 1 N–H and O–H groups in total. The van der Waals surface area contributed by atoms with E-state index in [0.29, 0.717) is 44.2 Å². The van der Waals surface area contributed by atoms with Crippen molar-refractivity contribution in [3.8, 4) is 11.1 Å². The number of hydrogen-bond donors (Lipinski definition) is 1. The number of rotatable bonds is 5. The van der Waals surface area contributed by atoms with Gasteiger partial charge in [0.1, 0.15) is 5.69 Å². The molecule has 4 heterocycles. The molecule has 0 saturated carbocycles. The number of carbonyl (C=O) groups excluding carboxylic acids is 2. The van der Waals surface area contributed by atoms with Crippen LogP contribution in [0.4, 0.5) is 20.2 Å². The fourth-order valence-electron chi connectivity index (χ4n) is 4.89. The number of aromatic nitrogens is 2. The van der Waals surface area contributed by atoms with E-state index in [1.54, 1.807) is 17.2 Å². The van der Waals surface area contributed by atoms with Crippen molar-refractivity contribution in [3.63, 3.8) is 0 Å². The lowest BCUT2D eigenvalue weighted by Crippen LogP contribution is -2.50. The first-order valence-electron chi connectivity index (χ1n) is 12.6. The SMILES string of the molecule is CCN1C[C@H]2COCCN2c2cc(-c3cc(NC(=O)c4ccnc(C(C)(F)F)c4)ccc3C)cnc2C1=O. The average molecular weight is 522 g/mol. The summed E-state index contributed by atoms with van der Waals surface area (Å²) in [5.41, 5.74) is 3.91. The van der Waals surface area contributed by atoms with Crippen molar-refractivity contribution in [3.05, 3.63) is 71.3 Å². The number of hydrogen-bond acceptors (Lipinski definition) is 6. The Bertz CT molecular complexity index is 1390. The largest absolute Gasteiger partial charge is 0.377 e. The van der Waals surface area contributed by atoms with E-state index in [2.05, 4.69) is 20.2 Å². The van der Waals surface area contributed by atoms with Gasteiger partial charge in [0, 0.05) is 55.8 Å². The molecule has 0 aliphatic carbocycles. The topological polar surface area (TPSA) is 87.7 Å². The number of halogens is 2. The summed E-state index contributed by atoms with van der Waals surface area (Å²) >= 11 is 0. The average Bonchev–Trinajstić information content (AvgIpc) is 3.03. The number of fused-ring (bicyclic) bond motifs is 3. The zero-order valence-electron chi connectivity index (χ0n) is 21.5. The highest BCUT2D eigenvalue weighted by molar-refractivity contribution is 6.04. The van der Waals surface area contributed by atoms with Gasteiger partial charge in [-0.1, -0.05) is 6.07 Å². The van der Waals surface area contributed by atoms with E-state index in [4.69, 9.17) is 4.74 Å². The number of anilines is 2. The Kier molecular flexibility index (Phi) is 6.83. The minimum Gasteiger partial charge on any atom is -0.377 e. The molecule has 2 aliphatic rings. The molecule has 1 atom stereocenters. The van der Waals surface area contributed by atoms with E-state index in [1.165, 1.54) is 12.3 Å². The molecule has 1 saturated heterocycles. The molecule has 3 aromatic rings. The van der Waals surface area contributed by atoms with Gasteiger partial charge in [-0.05, 0) is 55.3 Å². The van der Waals surface area contributed by atoms with Gasteiger partial charge in [-0.3, -0.25) is 14.6 Å². The van der Waals surface area contributed by atoms with Crippen molar-refractivity contribution >= 4 is 23.2 Å². The normalized spacial score (nSPS) is 17.5. The fourth-order valence-corrected chi connectivity index (χ4v) is 4.89. The van der Waals surface area contributed by atoms with Crippen LogP contribution in [-0.2, 0) is 10.7 Å². The van der Waals surface area contributed by atoms with Crippen LogP contribution in [0.3, 0.4) is 0 Å². The number of nitrogens with zero attached hydrogens (tertiary/aromatic N) is 4. The Labute approximate surface area is 219 Å². The van der Waals surface area contributed by atoms with Gasteiger partial charge in [0.15, 0.2) is 5.69 Å². The van der Waals surface area contributed by atoms with Crippen LogP contribution in [0, 0.1) is 6.92 Å². The highest BCUT2D eigenvalue weighted by Crippen LogP contribution is 2.34. The second kappa shape index (κ2) is 10.1. The van der Waals surface area contributed by atoms with Gasteiger partial charge in [0.05, 0.1) is 24.9 Å². The van der Waals surface area contributed by atoms with Gasteiger partial charge in [0.25, 0.3) is 17.7 Å². The summed E-state index contributed by atoms with van der Waals surface area (Å²) in [5.74, 6) is -3.77. The molecule has 1 aromatic carbocycles. The molecule has 2 amide bonds. The summed E-state index contributed by atoms with van der Waals surface area (Å²) in [6.45, 7) is 7.57. The quantitative estimate of drug-likeness (QED) is 0.532. The fraction of sp³-hybridized carbons (Fsp3) is 0.357. The molecular formula is C28H29F2N5O3.